The van der Waals surface area contributed by atoms with Crippen LogP contribution >= 0.6 is 11.6 Å². The third-order valence-corrected chi connectivity index (χ3v) is 3.00. The maximum absolute atomic E-state index is 11.1. The highest BCUT2D eigenvalue weighted by Crippen LogP contribution is 2.22. The number of hydrogen-bond acceptors (Lipinski definition) is 5. The van der Waals surface area contributed by atoms with Crippen LogP contribution in [0.5, 0.6) is 5.75 Å². The quantitative estimate of drug-likeness (QED) is 0.511. The van der Waals surface area contributed by atoms with Gasteiger partial charge in [0.05, 0.1) is 11.6 Å². The van der Waals surface area contributed by atoms with E-state index in [-0.39, 0.29) is 12.6 Å². The van der Waals surface area contributed by atoms with Gasteiger partial charge in [0.1, 0.15) is 18.5 Å². The van der Waals surface area contributed by atoms with Gasteiger partial charge in [0.25, 0.3) is 0 Å². The Kier molecular flexibility index (Phi) is 8.82. The highest BCUT2D eigenvalue weighted by molar-refractivity contribution is 6.32. The topological polar surface area (TPSA) is 67.8 Å². The number of aliphatic hydroxyl groups excluding tert-OH is 1. The molecule has 0 aliphatic rings. The van der Waals surface area contributed by atoms with E-state index in [9.17, 15) is 9.90 Å². The Morgan fingerprint density at radius 1 is 1.43 bits per heavy atom. The minimum absolute atomic E-state index is 0.161. The van der Waals surface area contributed by atoms with E-state index < -0.39 is 6.10 Å². The molecule has 1 aromatic carbocycles. The Bertz CT molecular complexity index is 428. The number of carbonyl (C=O) groups is 1. The second-order valence-electron chi connectivity index (χ2n) is 4.51. The number of esters is 1. The Hall–Kier alpha value is -1.30. The molecule has 0 amide bonds. The first-order chi connectivity index (χ1) is 10.1. The normalized spacial score (nSPS) is 12.0. The summed E-state index contributed by atoms with van der Waals surface area (Å²) in [5, 5.41) is 13.4. The predicted octanol–water partition coefficient (Wildman–Crippen LogP) is 2.01. The van der Waals surface area contributed by atoms with Crippen molar-refractivity contribution in [1.82, 2.24) is 5.32 Å². The van der Waals surface area contributed by atoms with Gasteiger partial charge in [0, 0.05) is 13.0 Å². The summed E-state index contributed by atoms with van der Waals surface area (Å²) in [6.45, 7) is 3.39. The fourth-order valence-corrected chi connectivity index (χ4v) is 1.86. The van der Waals surface area contributed by atoms with E-state index in [0.29, 0.717) is 43.3 Å². The summed E-state index contributed by atoms with van der Waals surface area (Å²) in [6.07, 6.45) is 0.424. The SMILES string of the molecule is CCOC(=O)CCCNCC(O)COc1ccccc1Cl. The van der Waals surface area contributed by atoms with Crippen molar-refractivity contribution in [1.29, 1.82) is 0 Å². The Labute approximate surface area is 130 Å². The summed E-state index contributed by atoms with van der Waals surface area (Å²) in [4.78, 5) is 11.1. The molecule has 2 N–H and O–H groups in total. The molecule has 0 spiro atoms. The van der Waals surface area contributed by atoms with Gasteiger partial charge in [0.15, 0.2) is 0 Å². The minimum Gasteiger partial charge on any atom is -0.489 e. The lowest BCUT2D eigenvalue weighted by atomic mass is 10.3. The number of carbonyl (C=O) groups excluding carboxylic acids is 1. The van der Waals surface area contributed by atoms with E-state index in [1.807, 2.05) is 12.1 Å². The molecule has 0 aromatic heterocycles. The van der Waals surface area contributed by atoms with Gasteiger partial charge < -0.3 is 19.9 Å². The molecule has 0 heterocycles. The molecule has 5 nitrogen and oxygen atoms in total. The molecule has 6 heteroatoms. The van der Waals surface area contributed by atoms with Crippen LogP contribution in [0.4, 0.5) is 0 Å². The summed E-state index contributed by atoms with van der Waals surface area (Å²) in [5.41, 5.74) is 0. The van der Waals surface area contributed by atoms with Gasteiger partial charge in [-0.05, 0) is 32.0 Å². The summed E-state index contributed by atoms with van der Waals surface area (Å²) < 4.78 is 10.2. The van der Waals surface area contributed by atoms with Crippen molar-refractivity contribution >= 4 is 17.6 Å². The van der Waals surface area contributed by atoms with Crippen molar-refractivity contribution in [3.63, 3.8) is 0 Å². The fraction of sp³-hybridized carbons (Fsp3) is 0.533. The van der Waals surface area contributed by atoms with Gasteiger partial charge in [-0.25, -0.2) is 0 Å². The Morgan fingerprint density at radius 3 is 2.90 bits per heavy atom. The Balaban J connectivity index is 2.08. The number of para-hydroxylation sites is 1. The molecular weight excluding hydrogens is 294 g/mol. The van der Waals surface area contributed by atoms with Crippen LogP contribution in [-0.2, 0) is 9.53 Å². The lowest BCUT2D eigenvalue weighted by Gasteiger charge is -2.13. The zero-order valence-corrected chi connectivity index (χ0v) is 12.9. The van der Waals surface area contributed by atoms with E-state index in [0.717, 1.165) is 0 Å². The maximum atomic E-state index is 11.1. The average Bonchev–Trinajstić information content (AvgIpc) is 2.46. The van der Waals surface area contributed by atoms with Crippen LogP contribution in [0.15, 0.2) is 24.3 Å². The zero-order valence-electron chi connectivity index (χ0n) is 12.2. The third-order valence-electron chi connectivity index (χ3n) is 2.69. The number of ether oxygens (including phenoxy) is 2. The van der Waals surface area contributed by atoms with Gasteiger partial charge in [-0.3, -0.25) is 4.79 Å². The molecule has 1 aromatic rings. The number of nitrogens with one attached hydrogen (secondary N) is 1. The largest absolute Gasteiger partial charge is 0.489 e. The first-order valence-electron chi connectivity index (χ1n) is 7.05. The van der Waals surface area contributed by atoms with Gasteiger partial charge in [0.2, 0.25) is 0 Å². The van der Waals surface area contributed by atoms with E-state index in [1.54, 1.807) is 19.1 Å². The first-order valence-corrected chi connectivity index (χ1v) is 7.43. The van der Waals surface area contributed by atoms with Crippen LogP contribution in [-0.4, -0.2) is 43.5 Å². The third kappa shape index (κ3) is 7.90. The number of hydrogen-bond donors (Lipinski definition) is 2. The number of rotatable bonds is 10. The second kappa shape index (κ2) is 10.4. The monoisotopic (exact) mass is 315 g/mol. The van der Waals surface area contributed by atoms with Gasteiger partial charge in [-0.2, -0.15) is 0 Å². The van der Waals surface area contributed by atoms with Gasteiger partial charge >= 0.3 is 5.97 Å². The molecule has 0 radical (unpaired) electrons. The molecule has 1 atom stereocenters. The Morgan fingerprint density at radius 2 is 2.19 bits per heavy atom. The molecular formula is C15H22ClNO4. The van der Waals surface area contributed by atoms with Gasteiger partial charge in [-0.15, -0.1) is 0 Å². The molecule has 0 saturated heterocycles. The summed E-state index contributed by atoms with van der Waals surface area (Å²) >= 11 is 5.94. The molecule has 0 fully saturated rings. The molecule has 1 unspecified atom stereocenters. The minimum atomic E-state index is -0.635. The lowest BCUT2D eigenvalue weighted by molar-refractivity contribution is -0.143. The zero-order chi connectivity index (χ0) is 15.5. The number of benzene rings is 1. The van der Waals surface area contributed by atoms with Crippen LogP contribution in [0.25, 0.3) is 0 Å². The van der Waals surface area contributed by atoms with Crippen molar-refractivity contribution in [3.8, 4) is 5.75 Å². The summed E-state index contributed by atoms with van der Waals surface area (Å²) in [6, 6.07) is 7.12. The van der Waals surface area contributed by atoms with Crippen LogP contribution in [0.3, 0.4) is 0 Å². The van der Waals surface area contributed by atoms with E-state index in [1.165, 1.54) is 0 Å². The maximum Gasteiger partial charge on any atom is 0.305 e. The smallest absolute Gasteiger partial charge is 0.305 e. The number of aliphatic hydroxyl groups is 1. The molecule has 1 rings (SSSR count). The van der Waals surface area contributed by atoms with E-state index >= 15 is 0 Å². The standard InChI is InChI=1S/C15H22ClNO4/c1-2-20-15(19)8-5-9-17-10-12(18)11-21-14-7-4-3-6-13(14)16/h3-4,6-7,12,17-18H,2,5,8-11H2,1H3. The molecule has 118 valence electrons. The fourth-order valence-electron chi connectivity index (χ4n) is 1.67. The summed E-state index contributed by atoms with van der Waals surface area (Å²) in [7, 11) is 0. The molecule has 0 bridgehead atoms. The van der Waals surface area contributed by atoms with Crippen LogP contribution in [0.1, 0.15) is 19.8 Å². The molecule has 0 aliphatic heterocycles. The van der Waals surface area contributed by atoms with Crippen LogP contribution in [0.2, 0.25) is 5.02 Å². The van der Waals surface area contributed by atoms with Crippen molar-refractivity contribution in [2.45, 2.75) is 25.9 Å². The van der Waals surface area contributed by atoms with Crippen molar-refractivity contribution < 1.29 is 19.4 Å². The second-order valence-corrected chi connectivity index (χ2v) is 4.92. The highest BCUT2D eigenvalue weighted by atomic mass is 35.5. The summed E-state index contributed by atoms with van der Waals surface area (Å²) in [5.74, 6) is 0.363. The molecule has 0 saturated carbocycles. The van der Waals surface area contributed by atoms with E-state index in [4.69, 9.17) is 21.1 Å². The first kappa shape index (κ1) is 17.8. The van der Waals surface area contributed by atoms with Crippen LogP contribution in [0, 0.1) is 0 Å². The van der Waals surface area contributed by atoms with Crippen LogP contribution < -0.4 is 10.1 Å². The molecule has 21 heavy (non-hydrogen) atoms. The van der Waals surface area contributed by atoms with Crippen molar-refractivity contribution in [2.24, 2.45) is 0 Å². The average molecular weight is 316 g/mol. The highest BCUT2D eigenvalue weighted by Gasteiger charge is 2.07. The molecule has 0 aliphatic carbocycles. The van der Waals surface area contributed by atoms with Gasteiger partial charge in [-0.1, -0.05) is 23.7 Å². The predicted molar refractivity (Wildman–Crippen MR) is 81.7 cm³/mol. The van der Waals surface area contributed by atoms with Crippen molar-refractivity contribution in [2.75, 3.05) is 26.3 Å². The lowest BCUT2D eigenvalue weighted by Crippen LogP contribution is -2.32. The van der Waals surface area contributed by atoms with Crippen molar-refractivity contribution in [3.05, 3.63) is 29.3 Å². The van der Waals surface area contributed by atoms with E-state index in [2.05, 4.69) is 5.32 Å². The number of halogens is 1.